The van der Waals surface area contributed by atoms with Crippen LogP contribution in [0.3, 0.4) is 0 Å². The number of carbonyl (C=O) groups excluding carboxylic acids is 1. The molecule has 0 saturated heterocycles. The molecule has 6 aromatic rings. The standard InChI is InChI=1S/C22H22N.C18H16N.C14H26O2.Ir/c1-15-11-16(2)13-20(12-15)22-21-8-7-18(17-5-3-4-6-17)14-19(21)9-10-23-22;1-12-4-5-17-15(9-12)6-7-19-18(17)16-10-13(2)8-14(3)11-16;1-6-11(7-2)12(15)10-13(16)14(5,8-3)9-4;/h7-12,14,17H,3-6H2,1-2H3;4-10H,1-3H3;10-11,16H,6-9H2,1-5H3;/q2*-1;;/b;;13-10-;/i;7D;;. The fourth-order valence-electron chi connectivity index (χ4n) is 8.15. The van der Waals surface area contributed by atoms with E-state index >= 15 is 0 Å². The van der Waals surface area contributed by atoms with Crippen LogP contribution < -0.4 is 0 Å². The van der Waals surface area contributed by atoms with Crippen molar-refractivity contribution >= 4 is 27.3 Å². The molecule has 4 nitrogen and oxygen atoms in total. The SMILES string of the molecule is CCC(CC)C(=O)/C=C(\O)C(C)(CC)CC.Cc1[c-]c(-c2nccc3cc(C4CCCC4)ccc23)cc(C)c1.[2H]c1cc2cc(C)ccc2c(-c2[c-]c(C)cc(C)c2)n1.[Ir]. The summed E-state index contributed by atoms with van der Waals surface area (Å²) in [5.41, 5.74) is 11.1. The number of aryl methyl sites for hydroxylation is 5. The maximum absolute atomic E-state index is 11.9. The number of pyridine rings is 2. The van der Waals surface area contributed by atoms with Crippen LogP contribution >= 0.6 is 0 Å². The Morgan fingerprint density at radius 2 is 1.31 bits per heavy atom. The van der Waals surface area contributed by atoms with E-state index in [1.54, 1.807) is 0 Å². The summed E-state index contributed by atoms with van der Waals surface area (Å²) in [6.45, 7) is 20.5. The molecule has 59 heavy (non-hydrogen) atoms. The van der Waals surface area contributed by atoms with Gasteiger partial charge in [0.15, 0.2) is 5.78 Å². The molecule has 2 aromatic heterocycles. The molecule has 4 aromatic carbocycles. The largest absolute Gasteiger partial charge is 0.512 e. The molecule has 1 aliphatic carbocycles. The van der Waals surface area contributed by atoms with Crippen LogP contribution in [0.1, 0.15) is 127 Å². The number of aliphatic hydroxyl groups excluding tert-OH is 1. The van der Waals surface area contributed by atoms with Crippen molar-refractivity contribution in [1.82, 2.24) is 9.97 Å². The maximum atomic E-state index is 11.9. The van der Waals surface area contributed by atoms with Gasteiger partial charge in [-0.3, -0.25) is 4.79 Å². The molecule has 1 radical (unpaired) electrons. The summed E-state index contributed by atoms with van der Waals surface area (Å²) in [7, 11) is 0. The Hall–Kier alpha value is -4.44. The molecule has 2 heterocycles. The number of benzene rings is 4. The van der Waals surface area contributed by atoms with Crippen molar-refractivity contribution in [2.24, 2.45) is 11.3 Å². The molecule has 7 rings (SSSR count). The third kappa shape index (κ3) is 12.1. The Morgan fingerprint density at radius 3 is 1.85 bits per heavy atom. The van der Waals surface area contributed by atoms with Gasteiger partial charge in [-0.25, -0.2) is 0 Å². The zero-order chi connectivity index (χ0) is 42.9. The monoisotopic (exact) mass is 966 g/mol. The quantitative estimate of drug-likeness (QED) is 0.0844. The molecule has 5 heteroatoms. The van der Waals surface area contributed by atoms with E-state index in [0.29, 0.717) is 6.17 Å². The van der Waals surface area contributed by atoms with Crippen molar-refractivity contribution < 1.29 is 31.4 Å². The van der Waals surface area contributed by atoms with Crippen LogP contribution in [0, 0.1) is 58.1 Å². The summed E-state index contributed by atoms with van der Waals surface area (Å²) in [6.07, 6.45) is 12.5. The second-order valence-electron chi connectivity index (χ2n) is 16.7. The number of carbonyl (C=O) groups is 1. The molecule has 1 N–H and O–H groups in total. The normalized spacial score (nSPS) is 13.3. The molecule has 0 aliphatic heterocycles. The Labute approximate surface area is 369 Å². The Kier molecular flexibility index (Phi) is 16.8. The van der Waals surface area contributed by atoms with Crippen LogP contribution in [-0.2, 0) is 24.9 Å². The van der Waals surface area contributed by atoms with Crippen LogP contribution in [0.25, 0.3) is 44.1 Å². The predicted octanol–water partition coefficient (Wildman–Crippen LogP) is 14.9. The first kappa shape index (κ1) is 45.6. The molecular formula is C54H64IrN2O2-2. The molecule has 313 valence electrons. The third-order valence-electron chi connectivity index (χ3n) is 12.1. The summed E-state index contributed by atoms with van der Waals surface area (Å²) in [5.74, 6) is 1.12. The fraction of sp³-hybridized carbons (Fsp3) is 0.389. The van der Waals surface area contributed by atoms with Gasteiger partial charge >= 0.3 is 0 Å². The van der Waals surface area contributed by atoms with E-state index in [2.05, 4.69) is 117 Å². The number of hydrogen-bond acceptors (Lipinski definition) is 4. The maximum Gasteiger partial charge on any atom is 0.162 e. The molecule has 0 atom stereocenters. The van der Waals surface area contributed by atoms with E-state index in [1.807, 2.05) is 53.8 Å². The van der Waals surface area contributed by atoms with E-state index in [9.17, 15) is 9.90 Å². The van der Waals surface area contributed by atoms with Crippen molar-refractivity contribution in [2.75, 3.05) is 0 Å². The molecule has 0 amide bonds. The van der Waals surface area contributed by atoms with Gasteiger partial charge in [-0.05, 0) is 102 Å². The minimum absolute atomic E-state index is 0. The summed E-state index contributed by atoms with van der Waals surface area (Å²) in [5, 5.41) is 14.7. The zero-order valence-electron chi connectivity index (χ0n) is 38.0. The van der Waals surface area contributed by atoms with Gasteiger partial charge in [0.25, 0.3) is 0 Å². The van der Waals surface area contributed by atoms with E-state index < -0.39 is 0 Å². The minimum Gasteiger partial charge on any atom is -0.512 e. The van der Waals surface area contributed by atoms with Crippen LogP contribution in [0.15, 0.2) is 97.0 Å². The Morgan fingerprint density at radius 1 is 0.763 bits per heavy atom. The van der Waals surface area contributed by atoms with Gasteiger partial charge in [0.2, 0.25) is 0 Å². The first-order valence-corrected chi connectivity index (χ1v) is 21.4. The van der Waals surface area contributed by atoms with Gasteiger partial charge in [-0.1, -0.05) is 117 Å². The molecule has 1 saturated carbocycles. The number of hydrogen-bond donors (Lipinski definition) is 1. The topological polar surface area (TPSA) is 63.1 Å². The number of ketones is 1. The average molecular weight is 966 g/mol. The van der Waals surface area contributed by atoms with Gasteiger partial charge in [0.05, 0.1) is 1.37 Å². The van der Waals surface area contributed by atoms with E-state index in [4.69, 9.17) is 1.37 Å². The number of rotatable bonds is 10. The summed E-state index contributed by atoms with van der Waals surface area (Å²) in [4.78, 5) is 20.9. The van der Waals surface area contributed by atoms with Crippen molar-refractivity contribution in [3.63, 3.8) is 0 Å². The van der Waals surface area contributed by atoms with Gasteiger partial charge in [-0.15, -0.1) is 69.8 Å². The molecule has 0 spiro atoms. The summed E-state index contributed by atoms with van der Waals surface area (Å²) >= 11 is 0. The van der Waals surface area contributed by atoms with Crippen molar-refractivity contribution in [2.45, 2.75) is 127 Å². The molecular weight excluding hydrogens is 901 g/mol. The minimum atomic E-state index is -0.248. The van der Waals surface area contributed by atoms with Crippen LogP contribution in [0.2, 0.25) is 0 Å². The van der Waals surface area contributed by atoms with Gasteiger partial charge in [0, 0.05) is 49.9 Å². The van der Waals surface area contributed by atoms with Gasteiger partial charge in [-0.2, -0.15) is 0 Å². The number of fused-ring (bicyclic) bond motifs is 2. The first-order valence-electron chi connectivity index (χ1n) is 21.9. The van der Waals surface area contributed by atoms with E-state index in [0.717, 1.165) is 70.5 Å². The number of allylic oxidation sites excluding steroid dienone is 2. The number of aliphatic hydroxyl groups is 1. The predicted molar refractivity (Wildman–Crippen MR) is 245 cm³/mol. The smallest absolute Gasteiger partial charge is 0.162 e. The van der Waals surface area contributed by atoms with Crippen molar-refractivity contribution in [3.05, 3.63) is 143 Å². The number of nitrogens with zero attached hydrogens (tertiary/aromatic N) is 2. The van der Waals surface area contributed by atoms with Gasteiger partial charge in [0.1, 0.15) is 5.76 Å². The molecule has 0 unspecified atom stereocenters. The van der Waals surface area contributed by atoms with E-state index in [1.165, 1.54) is 70.3 Å². The van der Waals surface area contributed by atoms with Gasteiger partial charge < -0.3 is 15.1 Å². The third-order valence-corrected chi connectivity index (χ3v) is 12.1. The first-order chi connectivity index (χ1) is 28.2. The fourth-order valence-corrected chi connectivity index (χ4v) is 8.15. The Balaban J connectivity index is 0.000000201. The van der Waals surface area contributed by atoms with Crippen LogP contribution in [0.5, 0.6) is 0 Å². The van der Waals surface area contributed by atoms with Crippen molar-refractivity contribution in [3.8, 4) is 22.5 Å². The second kappa shape index (κ2) is 21.7. The summed E-state index contributed by atoms with van der Waals surface area (Å²) < 4.78 is 7.92. The van der Waals surface area contributed by atoms with Crippen LogP contribution in [-0.4, -0.2) is 20.9 Å². The summed E-state index contributed by atoms with van der Waals surface area (Å²) in [6, 6.07) is 32.5. The molecule has 1 fully saturated rings. The number of aromatic nitrogens is 2. The van der Waals surface area contributed by atoms with Crippen molar-refractivity contribution in [1.29, 1.82) is 0 Å². The average Bonchev–Trinajstić information content (AvgIpc) is 3.75. The van der Waals surface area contributed by atoms with E-state index in [-0.39, 0.29) is 43.0 Å². The molecule has 0 bridgehead atoms. The molecule has 1 aliphatic rings. The zero-order valence-corrected chi connectivity index (χ0v) is 39.4. The second-order valence-corrected chi connectivity index (χ2v) is 16.7. The Bertz CT molecular complexity index is 2380. The van der Waals surface area contributed by atoms with Crippen LogP contribution in [0.4, 0.5) is 0 Å².